The Balaban J connectivity index is 2.04. The molecule has 7 N–H and O–H groups in total. The first-order valence-electron chi connectivity index (χ1n) is 7.25. The fraction of sp³-hybridized carbons (Fsp3) is 1.00. The Hall–Kier alpha value is -0.360. The summed E-state index contributed by atoms with van der Waals surface area (Å²) in [5.41, 5.74) is 5.04. The van der Waals surface area contributed by atoms with Gasteiger partial charge in [0.15, 0.2) is 12.6 Å². The van der Waals surface area contributed by atoms with Gasteiger partial charge in [0.1, 0.15) is 24.4 Å². The predicted molar refractivity (Wildman–Crippen MR) is 72.4 cm³/mol. The van der Waals surface area contributed by atoms with Crippen LogP contribution in [-0.2, 0) is 14.2 Å². The molecule has 0 aromatic carbocycles. The molecule has 0 aliphatic carbocycles. The monoisotopic (exact) mass is 323 g/mol. The molecule has 9 nitrogen and oxygen atoms in total. The molecule has 0 bridgehead atoms. The summed E-state index contributed by atoms with van der Waals surface area (Å²) in [6.45, 7) is 2.73. The van der Waals surface area contributed by atoms with Crippen LogP contribution in [0.5, 0.6) is 0 Å². The summed E-state index contributed by atoms with van der Waals surface area (Å²) in [6.07, 6.45) is -9.00. The van der Waals surface area contributed by atoms with Crippen LogP contribution in [0.2, 0.25) is 0 Å². The fourth-order valence-corrected chi connectivity index (χ4v) is 2.85. The lowest BCUT2D eigenvalue weighted by Gasteiger charge is -2.46. The quantitative estimate of drug-likeness (QED) is 0.319. The minimum Gasteiger partial charge on any atom is -0.394 e. The smallest absolute Gasteiger partial charge is 0.184 e. The van der Waals surface area contributed by atoms with E-state index in [-0.39, 0.29) is 6.42 Å². The minimum atomic E-state index is -1.54. The van der Waals surface area contributed by atoms with Crippen LogP contribution in [0.1, 0.15) is 20.3 Å². The standard InChI is InChI=1S/C13H25NO8/c1-5-11(18)13(2,14)3-7(20-5)22-10-9(17)8(16)6(4-15)21-12(10)19/h5-12,15-19H,3-4,14H2,1-2H3/t5-,6+,7-,8+,9-,10+,11+,12+,13-/m0/s1. The molecule has 2 rings (SSSR count). The number of hydrogen-bond donors (Lipinski definition) is 6. The van der Waals surface area contributed by atoms with Gasteiger partial charge in [-0.15, -0.1) is 0 Å². The minimum absolute atomic E-state index is 0.133. The van der Waals surface area contributed by atoms with E-state index in [9.17, 15) is 20.4 Å². The summed E-state index contributed by atoms with van der Waals surface area (Å²) < 4.78 is 16.0. The highest BCUT2D eigenvalue weighted by molar-refractivity contribution is 4.96. The summed E-state index contributed by atoms with van der Waals surface area (Å²) in [6, 6.07) is 0. The first kappa shape index (κ1) is 18.0. The molecule has 130 valence electrons. The van der Waals surface area contributed by atoms with Gasteiger partial charge in [-0.05, 0) is 13.8 Å². The van der Waals surface area contributed by atoms with Crippen molar-refractivity contribution in [2.24, 2.45) is 5.73 Å². The van der Waals surface area contributed by atoms with Gasteiger partial charge >= 0.3 is 0 Å². The van der Waals surface area contributed by atoms with Gasteiger partial charge in [0.25, 0.3) is 0 Å². The molecule has 2 heterocycles. The number of aliphatic hydroxyl groups is 5. The molecule has 0 amide bonds. The van der Waals surface area contributed by atoms with Crippen molar-refractivity contribution in [1.29, 1.82) is 0 Å². The van der Waals surface area contributed by atoms with Crippen LogP contribution in [0.25, 0.3) is 0 Å². The summed E-state index contributed by atoms with van der Waals surface area (Å²) in [4.78, 5) is 0. The van der Waals surface area contributed by atoms with Gasteiger partial charge in [0.2, 0.25) is 0 Å². The Morgan fingerprint density at radius 3 is 2.36 bits per heavy atom. The SMILES string of the molecule is C[C@@H]1O[C@@H](O[C@@H]2[C@@H](O)[C@H](O)[C@@H](CO)O[C@H]2O)C[C@](C)(N)[C@@H]1O. The highest BCUT2D eigenvalue weighted by Gasteiger charge is 2.48. The lowest BCUT2D eigenvalue weighted by molar-refractivity contribution is -0.339. The Morgan fingerprint density at radius 1 is 1.18 bits per heavy atom. The van der Waals surface area contributed by atoms with E-state index in [1.165, 1.54) is 0 Å². The summed E-state index contributed by atoms with van der Waals surface area (Å²) in [5, 5.41) is 48.7. The molecule has 2 fully saturated rings. The maximum Gasteiger partial charge on any atom is 0.184 e. The second-order valence-electron chi connectivity index (χ2n) is 6.26. The molecule has 22 heavy (non-hydrogen) atoms. The average molecular weight is 323 g/mol. The third kappa shape index (κ3) is 3.42. The largest absolute Gasteiger partial charge is 0.394 e. The summed E-state index contributed by atoms with van der Waals surface area (Å²) in [7, 11) is 0. The normalized spacial score (nSPS) is 53.5. The van der Waals surface area contributed by atoms with Crippen LogP contribution < -0.4 is 5.73 Å². The van der Waals surface area contributed by atoms with E-state index in [1.807, 2.05) is 0 Å². The van der Waals surface area contributed by atoms with Crippen LogP contribution >= 0.6 is 0 Å². The molecule has 0 aromatic heterocycles. The van der Waals surface area contributed by atoms with Gasteiger partial charge in [-0.2, -0.15) is 0 Å². The average Bonchev–Trinajstić information content (AvgIpc) is 2.44. The second-order valence-corrected chi connectivity index (χ2v) is 6.26. The Kier molecular flexibility index (Phi) is 5.42. The lowest BCUT2D eigenvalue weighted by atomic mass is 9.86. The van der Waals surface area contributed by atoms with Gasteiger partial charge in [-0.25, -0.2) is 0 Å². The van der Waals surface area contributed by atoms with Crippen molar-refractivity contribution in [3.63, 3.8) is 0 Å². The van der Waals surface area contributed by atoms with Crippen LogP contribution in [-0.4, -0.2) is 86.9 Å². The summed E-state index contributed by atoms with van der Waals surface area (Å²) in [5.74, 6) is 0. The molecule has 2 aliphatic rings. The third-order valence-electron chi connectivity index (χ3n) is 4.24. The first-order valence-corrected chi connectivity index (χ1v) is 7.25. The second kappa shape index (κ2) is 6.63. The van der Waals surface area contributed by atoms with Gasteiger partial charge in [0, 0.05) is 12.0 Å². The van der Waals surface area contributed by atoms with Crippen molar-refractivity contribution in [1.82, 2.24) is 0 Å². The van der Waals surface area contributed by atoms with Crippen LogP contribution in [0.15, 0.2) is 0 Å². The van der Waals surface area contributed by atoms with E-state index in [1.54, 1.807) is 13.8 Å². The van der Waals surface area contributed by atoms with Crippen LogP contribution in [0.4, 0.5) is 0 Å². The van der Waals surface area contributed by atoms with Gasteiger partial charge in [0.05, 0.1) is 18.8 Å². The van der Waals surface area contributed by atoms with Crippen LogP contribution in [0.3, 0.4) is 0 Å². The molecule has 0 unspecified atom stereocenters. The maximum absolute atomic E-state index is 10.0. The molecule has 0 spiro atoms. The number of rotatable bonds is 3. The number of hydrogen-bond acceptors (Lipinski definition) is 9. The van der Waals surface area contributed by atoms with E-state index in [0.29, 0.717) is 0 Å². The Bertz CT molecular complexity index is 381. The zero-order valence-corrected chi connectivity index (χ0v) is 12.6. The Morgan fingerprint density at radius 2 is 1.82 bits per heavy atom. The van der Waals surface area contributed by atoms with E-state index in [0.717, 1.165) is 0 Å². The molecule has 9 atom stereocenters. The highest BCUT2D eigenvalue weighted by Crippen LogP contribution is 2.31. The van der Waals surface area contributed by atoms with Crippen molar-refractivity contribution < 1.29 is 39.7 Å². The fourth-order valence-electron chi connectivity index (χ4n) is 2.85. The lowest BCUT2D eigenvalue weighted by Crippen LogP contribution is -2.63. The zero-order valence-electron chi connectivity index (χ0n) is 12.6. The maximum atomic E-state index is 10.0. The number of nitrogens with two attached hydrogens (primary N) is 1. The van der Waals surface area contributed by atoms with Crippen molar-refractivity contribution >= 4 is 0 Å². The molecule has 0 aromatic rings. The molecule has 0 radical (unpaired) electrons. The van der Waals surface area contributed by atoms with Crippen LogP contribution in [0, 0.1) is 0 Å². The third-order valence-corrected chi connectivity index (χ3v) is 4.24. The van der Waals surface area contributed by atoms with Gasteiger partial charge in [-0.1, -0.05) is 0 Å². The van der Waals surface area contributed by atoms with Crippen molar-refractivity contribution in [2.75, 3.05) is 6.61 Å². The predicted octanol–water partition coefficient (Wildman–Crippen LogP) is -2.98. The number of ether oxygens (including phenoxy) is 3. The summed E-state index contributed by atoms with van der Waals surface area (Å²) >= 11 is 0. The van der Waals surface area contributed by atoms with E-state index in [2.05, 4.69) is 0 Å². The molecule has 9 heteroatoms. The highest BCUT2D eigenvalue weighted by atomic mass is 16.7. The van der Waals surface area contributed by atoms with E-state index >= 15 is 0 Å². The van der Waals surface area contributed by atoms with Crippen molar-refractivity contribution in [2.45, 2.75) is 75.0 Å². The van der Waals surface area contributed by atoms with E-state index < -0.39 is 61.3 Å². The molecular formula is C13H25NO8. The van der Waals surface area contributed by atoms with Gasteiger partial charge in [-0.3, -0.25) is 0 Å². The zero-order chi connectivity index (χ0) is 16.7. The van der Waals surface area contributed by atoms with Crippen molar-refractivity contribution in [3.05, 3.63) is 0 Å². The molecular weight excluding hydrogens is 298 g/mol. The molecule has 0 saturated carbocycles. The molecule has 2 aliphatic heterocycles. The van der Waals surface area contributed by atoms with E-state index in [4.69, 9.17) is 25.1 Å². The number of aliphatic hydroxyl groups excluding tert-OH is 5. The topological polar surface area (TPSA) is 155 Å². The van der Waals surface area contributed by atoms with Gasteiger partial charge < -0.3 is 45.5 Å². The van der Waals surface area contributed by atoms with Crippen molar-refractivity contribution in [3.8, 4) is 0 Å². The first-order chi connectivity index (χ1) is 10.2. The Labute approximate surface area is 128 Å². The molecule has 2 saturated heterocycles.